The first-order valence-electron chi connectivity index (χ1n) is 9.14. The van der Waals surface area contributed by atoms with Crippen LogP contribution in [0.4, 0.5) is 4.79 Å². The quantitative estimate of drug-likeness (QED) is 0.581. The zero-order valence-electron chi connectivity index (χ0n) is 15.2. The lowest BCUT2D eigenvalue weighted by molar-refractivity contribution is 0.139. The lowest BCUT2D eigenvalue weighted by atomic mass is 10.0. The highest BCUT2D eigenvalue weighted by Gasteiger charge is 2.02. The third-order valence-corrected chi connectivity index (χ3v) is 4.43. The molecule has 3 heteroatoms. The van der Waals surface area contributed by atoms with Crippen LogP contribution in [0.25, 0.3) is 10.8 Å². The number of hydrogen-bond donors (Lipinski definition) is 1. The van der Waals surface area contributed by atoms with E-state index in [-0.39, 0.29) is 6.09 Å². The molecule has 0 spiro atoms. The lowest BCUT2D eigenvalue weighted by Crippen LogP contribution is -2.25. The number of carbonyl (C=O) groups is 1. The summed E-state index contributed by atoms with van der Waals surface area (Å²) in [5, 5.41) is 5.39. The molecule has 134 valence electrons. The van der Waals surface area contributed by atoms with E-state index in [1.165, 1.54) is 21.9 Å². The van der Waals surface area contributed by atoms with Gasteiger partial charge in [-0.1, -0.05) is 72.3 Å². The molecule has 0 aliphatic rings. The number of nitrogens with one attached hydrogen (secondary N) is 1. The maximum Gasteiger partial charge on any atom is 0.407 e. The molecular formula is C23H25NO2. The molecule has 0 fully saturated rings. The summed E-state index contributed by atoms with van der Waals surface area (Å²) in [5.74, 6) is 0. The molecule has 0 unspecified atom stereocenters. The minimum atomic E-state index is -0.352. The maximum atomic E-state index is 11.7. The summed E-state index contributed by atoms with van der Waals surface area (Å²) >= 11 is 0. The SMILES string of the molecule is Cc1ccc2cc(CCCCNC(=O)OCc3ccccc3)ccc2c1. The molecule has 3 rings (SSSR count). The average molecular weight is 347 g/mol. The molecular weight excluding hydrogens is 322 g/mol. The Morgan fingerprint density at radius 1 is 0.885 bits per heavy atom. The van der Waals surface area contributed by atoms with Crippen molar-refractivity contribution in [2.45, 2.75) is 32.8 Å². The van der Waals surface area contributed by atoms with E-state index >= 15 is 0 Å². The van der Waals surface area contributed by atoms with Gasteiger partial charge in [-0.2, -0.15) is 0 Å². The molecule has 1 N–H and O–H groups in total. The highest BCUT2D eigenvalue weighted by atomic mass is 16.5. The van der Waals surface area contributed by atoms with E-state index in [2.05, 4.69) is 48.6 Å². The van der Waals surface area contributed by atoms with Gasteiger partial charge in [0.25, 0.3) is 0 Å². The first kappa shape index (κ1) is 18.0. The highest BCUT2D eigenvalue weighted by Crippen LogP contribution is 2.18. The highest BCUT2D eigenvalue weighted by molar-refractivity contribution is 5.83. The standard InChI is InChI=1S/C23H25NO2/c1-18-10-12-22-16-19(11-13-21(22)15-18)7-5-6-14-24-23(25)26-17-20-8-3-2-4-9-20/h2-4,8-13,15-16H,5-7,14,17H2,1H3,(H,24,25). The van der Waals surface area contributed by atoms with Gasteiger partial charge in [0, 0.05) is 6.54 Å². The normalized spacial score (nSPS) is 10.7. The van der Waals surface area contributed by atoms with E-state index in [1.807, 2.05) is 30.3 Å². The largest absolute Gasteiger partial charge is 0.445 e. The summed E-state index contributed by atoms with van der Waals surface area (Å²) in [6, 6.07) is 22.9. The van der Waals surface area contributed by atoms with Crippen molar-refractivity contribution < 1.29 is 9.53 Å². The Kier molecular flexibility index (Phi) is 6.26. The van der Waals surface area contributed by atoms with Crippen LogP contribution in [0.1, 0.15) is 29.5 Å². The van der Waals surface area contributed by atoms with Crippen molar-refractivity contribution >= 4 is 16.9 Å². The molecule has 0 heterocycles. The van der Waals surface area contributed by atoms with Crippen LogP contribution in [0.15, 0.2) is 66.7 Å². The molecule has 0 saturated heterocycles. The monoisotopic (exact) mass is 347 g/mol. The minimum Gasteiger partial charge on any atom is -0.445 e. The van der Waals surface area contributed by atoms with Crippen molar-refractivity contribution in [1.29, 1.82) is 0 Å². The van der Waals surface area contributed by atoms with Crippen LogP contribution >= 0.6 is 0 Å². The molecule has 26 heavy (non-hydrogen) atoms. The second-order valence-electron chi connectivity index (χ2n) is 6.63. The Morgan fingerprint density at radius 2 is 1.65 bits per heavy atom. The summed E-state index contributed by atoms with van der Waals surface area (Å²) in [6.07, 6.45) is 2.64. The Labute approximate surface area is 155 Å². The lowest BCUT2D eigenvalue weighted by Gasteiger charge is -2.08. The van der Waals surface area contributed by atoms with E-state index in [1.54, 1.807) is 0 Å². The van der Waals surface area contributed by atoms with Crippen LogP contribution in [0.5, 0.6) is 0 Å². The number of unbranched alkanes of at least 4 members (excludes halogenated alkanes) is 1. The molecule has 3 nitrogen and oxygen atoms in total. The van der Waals surface area contributed by atoms with Crippen LogP contribution < -0.4 is 5.32 Å². The topological polar surface area (TPSA) is 38.3 Å². The van der Waals surface area contributed by atoms with Gasteiger partial charge in [-0.3, -0.25) is 0 Å². The summed E-state index contributed by atoms with van der Waals surface area (Å²) in [5.41, 5.74) is 3.62. The van der Waals surface area contributed by atoms with Crippen molar-refractivity contribution in [1.82, 2.24) is 5.32 Å². The van der Waals surface area contributed by atoms with Gasteiger partial charge < -0.3 is 10.1 Å². The first-order valence-corrected chi connectivity index (χ1v) is 9.14. The van der Waals surface area contributed by atoms with Gasteiger partial charge >= 0.3 is 6.09 Å². The number of amides is 1. The summed E-state index contributed by atoms with van der Waals surface area (Å²) < 4.78 is 5.20. The molecule has 0 aliphatic heterocycles. The predicted molar refractivity (Wildman–Crippen MR) is 106 cm³/mol. The van der Waals surface area contributed by atoms with Crippen LogP contribution in [0.3, 0.4) is 0 Å². The molecule has 1 amide bonds. The Balaban J connectivity index is 1.35. The van der Waals surface area contributed by atoms with Gasteiger partial charge in [0.15, 0.2) is 0 Å². The first-order chi connectivity index (χ1) is 12.7. The molecule has 0 bridgehead atoms. The molecule has 3 aromatic carbocycles. The van der Waals surface area contributed by atoms with E-state index in [0.29, 0.717) is 13.2 Å². The van der Waals surface area contributed by atoms with Gasteiger partial charge in [0.1, 0.15) is 6.61 Å². The molecule has 0 aliphatic carbocycles. The van der Waals surface area contributed by atoms with Crippen molar-refractivity contribution in [3.8, 4) is 0 Å². The van der Waals surface area contributed by atoms with Gasteiger partial charge in [-0.15, -0.1) is 0 Å². The summed E-state index contributed by atoms with van der Waals surface area (Å²) in [7, 11) is 0. The summed E-state index contributed by atoms with van der Waals surface area (Å²) in [6.45, 7) is 3.06. The van der Waals surface area contributed by atoms with Crippen LogP contribution in [-0.4, -0.2) is 12.6 Å². The molecule has 0 aromatic heterocycles. The number of aryl methyl sites for hydroxylation is 2. The second-order valence-corrected chi connectivity index (χ2v) is 6.63. The average Bonchev–Trinajstić information content (AvgIpc) is 2.67. The summed E-state index contributed by atoms with van der Waals surface area (Å²) in [4.78, 5) is 11.7. The smallest absolute Gasteiger partial charge is 0.407 e. The second kappa shape index (κ2) is 9.04. The number of rotatable bonds is 7. The van der Waals surface area contributed by atoms with Crippen LogP contribution in [0, 0.1) is 6.92 Å². The van der Waals surface area contributed by atoms with E-state index in [9.17, 15) is 4.79 Å². The van der Waals surface area contributed by atoms with Crippen molar-refractivity contribution in [2.24, 2.45) is 0 Å². The van der Waals surface area contributed by atoms with Gasteiger partial charge in [-0.25, -0.2) is 4.79 Å². The Bertz CT molecular complexity index is 858. The number of ether oxygens (including phenoxy) is 1. The fourth-order valence-electron chi connectivity index (χ4n) is 2.99. The molecule has 0 atom stereocenters. The van der Waals surface area contributed by atoms with Crippen LogP contribution in [-0.2, 0) is 17.8 Å². The zero-order chi connectivity index (χ0) is 18.2. The third-order valence-electron chi connectivity index (χ3n) is 4.43. The number of alkyl carbamates (subject to hydrolysis) is 1. The van der Waals surface area contributed by atoms with Gasteiger partial charge in [-0.05, 0) is 48.1 Å². The molecule has 0 radical (unpaired) electrons. The fourth-order valence-corrected chi connectivity index (χ4v) is 2.99. The maximum absolute atomic E-state index is 11.7. The van der Waals surface area contributed by atoms with E-state index < -0.39 is 0 Å². The van der Waals surface area contributed by atoms with E-state index in [0.717, 1.165) is 24.8 Å². The minimum absolute atomic E-state index is 0.309. The van der Waals surface area contributed by atoms with Crippen molar-refractivity contribution in [3.05, 3.63) is 83.4 Å². The predicted octanol–water partition coefficient (Wildman–Crippen LogP) is 5.40. The van der Waals surface area contributed by atoms with Crippen molar-refractivity contribution in [2.75, 3.05) is 6.54 Å². The molecule has 3 aromatic rings. The van der Waals surface area contributed by atoms with Gasteiger partial charge in [0.2, 0.25) is 0 Å². The van der Waals surface area contributed by atoms with Crippen molar-refractivity contribution in [3.63, 3.8) is 0 Å². The number of fused-ring (bicyclic) bond motifs is 1. The zero-order valence-corrected chi connectivity index (χ0v) is 15.2. The Morgan fingerprint density at radius 3 is 2.50 bits per heavy atom. The van der Waals surface area contributed by atoms with E-state index in [4.69, 9.17) is 4.74 Å². The molecule has 0 saturated carbocycles. The fraction of sp³-hybridized carbons (Fsp3) is 0.261. The number of benzene rings is 3. The third kappa shape index (κ3) is 5.35. The number of carbonyl (C=O) groups excluding carboxylic acids is 1. The number of hydrogen-bond acceptors (Lipinski definition) is 2. The van der Waals surface area contributed by atoms with Gasteiger partial charge in [0.05, 0.1) is 0 Å². The Hall–Kier alpha value is -2.81. The van der Waals surface area contributed by atoms with Crippen LogP contribution in [0.2, 0.25) is 0 Å².